The highest BCUT2D eigenvalue weighted by Gasteiger charge is 2.28. The predicted molar refractivity (Wildman–Crippen MR) is 69.0 cm³/mol. The highest BCUT2D eigenvalue weighted by atomic mass is 16.5. The van der Waals surface area contributed by atoms with E-state index in [-0.39, 0.29) is 11.9 Å². The fraction of sp³-hybridized carbons (Fsp3) is 0.923. The van der Waals surface area contributed by atoms with E-state index in [0.29, 0.717) is 6.10 Å². The van der Waals surface area contributed by atoms with Crippen molar-refractivity contribution in [1.29, 1.82) is 0 Å². The molecule has 1 unspecified atom stereocenters. The second kappa shape index (κ2) is 6.97. The number of hydrogen-bond donors (Lipinski definition) is 0. The minimum Gasteiger partial charge on any atom is -0.377 e. The van der Waals surface area contributed by atoms with E-state index in [1.165, 1.54) is 0 Å². The summed E-state index contributed by atoms with van der Waals surface area (Å²) in [4.78, 5) is 15.8. The molecule has 0 spiro atoms. The zero-order valence-corrected chi connectivity index (χ0v) is 11.6. The van der Waals surface area contributed by atoms with Gasteiger partial charge in [0.25, 0.3) is 0 Å². The van der Waals surface area contributed by atoms with Crippen LogP contribution < -0.4 is 0 Å². The third-order valence-corrected chi connectivity index (χ3v) is 3.48. The van der Waals surface area contributed by atoms with Crippen LogP contribution in [0.4, 0.5) is 0 Å². The van der Waals surface area contributed by atoms with Gasteiger partial charge in [0.2, 0.25) is 5.91 Å². The molecular weight excluding hydrogens is 216 g/mol. The smallest absolute Gasteiger partial charge is 0.239 e. The monoisotopic (exact) mass is 242 g/mol. The molecule has 4 nitrogen and oxygen atoms in total. The van der Waals surface area contributed by atoms with E-state index in [9.17, 15) is 4.79 Å². The summed E-state index contributed by atoms with van der Waals surface area (Å²) in [5.74, 6) is 0.220. The molecule has 1 saturated heterocycles. The summed E-state index contributed by atoms with van der Waals surface area (Å²) in [5, 5.41) is 0. The van der Waals surface area contributed by atoms with Gasteiger partial charge in [-0.15, -0.1) is 0 Å². The Hall–Kier alpha value is -0.610. The third-order valence-electron chi connectivity index (χ3n) is 3.48. The highest BCUT2D eigenvalue weighted by Crippen LogP contribution is 2.09. The maximum atomic E-state index is 11.8. The van der Waals surface area contributed by atoms with Crippen molar-refractivity contribution in [1.82, 2.24) is 9.80 Å². The Morgan fingerprint density at radius 2 is 2.18 bits per heavy atom. The summed E-state index contributed by atoms with van der Waals surface area (Å²) in [5.41, 5.74) is 0. The van der Waals surface area contributed by atoms with E-state index in [1.807, 2.05) is 18.9 Å². The molecule has 0 bridgehead atoms. The summed E-state index contributed by atoms with van der Waals surface area (Å²) >= 11 is 0. The van der Waals surface area contributed by atoms with Crippen molar-refractivity contribution in [2.24, 2.45) is 0 Å². The van der Waals surface area contributed by atoms with Crippen molar-refractivity contribution in [3.63, 3.8) is 0 Å². The molecule has 1 rings (SSSR count). The second-order valence-electron chi connectivity index (χ2n) is 4.94. The van der Waals surface area contributed by atoms with Crippen molar-refractivity contribution in [2.45, 2.75) is 45.8 Å². The molecule has 0 saturated carbocycles. The van der Waals surface area contributed by atoms with E-state index in [0.717, 1.165) is 39.1 Å². The largest absolute Gasteiger partial charge is 0.377 e. The Morgan fingerprint density at radius 1 is 1.47 bits per heavy atom. The summed E-state index contributed by atoms with van der Waals surface area (Å²) in [6.07, 6.45) is 2.60. The minimum atomic E-state index is -0.00108. The van der Waals surface area contributed by atoms with Gasteiger partial charge in [0, 0.05) is 26.7 Å². The van der Waals surface area contributed by atoms with Gasteiger partial charge in [-0.2, -0.15) is 0 Å². The number of carbonyl (C=O) groups is 1. The van der Waals surface area contributed by atoms with Crippen LogP contribution in [0.1, 0.15) is 33.6 Å². The lowest BCUT2D eigenvalue weighted by Gasteiger charge is -2.37. The van der Waals surface area contributed by atoms with Gasteiger partial charge in [0.15, 0.2) is 0 Å². The van der Waals surface area contributed by atoms with Gasteiger partial charge in [0.05, 0.1) is 18.8 Å². The number of ether oxygens (including phenoxy) is 1. The number of nitrogens with zero attached hydrogens (tertiary/aromatic N) is 2. The molecule has 4 heteroatoms. The zero-order chi connectivity index (χ0) is 12.8. The molecule has 0 aromatic carbocycles. The Morgan fingerprint density at radius 3 is 2.82 bits per heavy atom. The van der Waals surface area contributed by atoms with E-state index >= 15 is 0 Å². The Bertz CT molecular complexity index is 246. The molecule has 1 heterocycles. The van der Waals surface area contributed by atoms with Crippen LogP contribution >= 0.6 is 0 Å². The van der Waals surface area contributed by atoms with Crippen LogP contribution in [0.2, 0.25) is 0 Å². The second-order valence-corrected chi connectivity index (χ2v) is 4.94. The van der Waals surface area contributed by atoms with Gasteiger partial charge < -0.3 is 9.64 Å². The highest BCUT2D eigenvalue weighted by molar-refractivity contribution is 5.81. The van der Waals surface area contributed by atoms with Crippen LogP contribution in [0.25, 0.3) is 0 Å². The first-order valence-corrected chi connectivity index (χ1v) is 6.66. The first-order valence-electron chi connectivity index (χ1n) is 6.66. The van der Waals surface area contributed by atoms with E-state index < -0.39 is 0 Å². The van der Waals surface area contributed by atoms with Crippen LogP contribution in [0, 0.1) is 0 Å². The Labute approximate surface area is 105 Å². The molecule has 17 heavy (non-hydrogen) atoms. The van der Waals surface area contributed by atoms with Crippen LogP contribution in [-0.4, -0.2) is 61.1 Å². The maximum absolute atomic E-state index is 11.8. The average Bonchev–Trinajstić information content (AvgIpc) is 2.29. The molecule has 0 radical (unpaired) electrons. The SMILES string of the molecule is CCCC(C)OCCN1CCN(C)C(=O)[C@H]1C. The lowest BCUT2D eigenvalue weighted by Crippen LogP contribution is -2.55. The molecule has 0 aromatic heterocycles. The van der Waals surface area contributed by atoms with Gasteiger partial charge in [-0.25, -0.2) is 0 Å². The quantitative estimate of drug-likeness (QED) is 0.705. The number of hydrogen-bond acceptors (Lipinski definition) is 3. The number of amides is 1. The molecule has 0 aliphatic carbocycles. The van der Waals surface area contributed by atoms with Gasteiger partial charge >= 0.3 is 0 Å². The van der Waals surface area contributed by atoms with Gasteiger partial charge in [-0.1, -0.05) is 13.3 Å². The molecule has 0 aromatic rings. The van der Waals surface area contributed by atoms with Crippen LogP contribution in [0.3, 0.4) is 0 Å². The van der Waals surface area contributed by atoms with Gasteiger partial charge in [0.1, 0.15) is 0 Å². The Balaban J connectivity index is 2.25. The predicted octanol–water partition coefficient (Wildman–Crippen LogP) is 1.35. The van der Waals surface area contributed by atoms with Crippen LogP contribution in [0.15, 0.2) is 0 Å². The summed E-state index contributed by atoms with van der Waals surface area (Å²) < 4.78 is 5.73. The van der Waals surface area contributed by atoms with Crippen molar-refractivity contribution in [3.05, 3.63) is 0 Å². The summed E-state index contributed by atoms with van der Waals surface area (Å²) in [6.45, 7) is 9.62. The molecule has 1 aliphatic rings. The minimum absolute atomic E-state index is 0.00108. The lowest BCUT2D eigenvalue weighted by atomic mass is 10.2. The third kappa shape index (κ3) is 4.28. The number of carbonyl (C=O) groups excluding carboxylic acids is 1. The summed E-state index contributed by atoms with van der Waals surface area (Å²) in [7, 11) is 1.87. The number of rotatable bonds is 6. The fourth-order valence-corrected chi connectivity index (χ4v) is 2.22. The summed E-state index contributed by atoms with van der Waals surface area (Å²) in [6, 6.07) is -0.00108. The standard InChI is InChI=1S/C13H26N2O2/c1-5-6-11(2)17-10-9-15-8-7-14(4)13(16)12(15)3/h11-12H,5-10H2,1-4H3/t11?,12-/m1/s1. The molecule has 1 fully saturated rings. The first-order chi connectivity index (χ1) is 8.06. The van der Waals surface area contributed by atoms with E-state index in [2.05, 4.69) is 18.7 Å². The number of likely N-dealkylation sites (N-methyl/N-ethyl adjacent to an activating group) is 1. The molecular formula is C13H26N2O2. The van der Waals surface area contributed by atoms with Crippen LogP contribution in [0.5, 0.6) is 0 Å². The van der Waals surface area contributed by atoms with Crippen molar-refractivity contribution in [3.8, 4) is 0 Å². The van der Waals surface area contributed by atoms with Crippen molar-refractivity contribution >= 4 is 5.91 Å². The normalized spacial score (nSPS) is 24.1. The van der Waals surface area contributed by atoms with Crippen molar-refractivity contribution < 1.29 is 9.53 Å². The topological polar surface area (TPSA) is 32.8 Å². The average molecular weight is 242 g/mol. The fourth-order valence-electron chi connectivity index (χ4n) is 2.22. The van der Waals surface area contributed by atoms with Crippen molar-refractivity contribution in [2.75, 3.05) is 33.3 Å². The van der Waals surface area contributed by atoms with E-state index in [1.54, 1.807) is 0 Å². The zero-order valence-electron chi connectivity index (χ0n) is 11.6. The first kappa shape index (κ1) is 14.5. The van der Waals surface area contributed by atoms with E-state index in [4.69, 9.17) is 4.74 Å². The molecule has 2 atom stereocenters. The molecule has 0 N–H and O–H groups in total. The maximum Gasteiger partial charge on any atom is 0.239 e. The van der Waals surface area contributed by atoms with Gasteiger partial charge in [-0.3, -0.25) is 9.69 Å². The molecule has 1 aliphatic heterocycles. The van der Waals surface area contributed by atoms with Gasteiger partial charge in [-0.05, 0) is 20.3 Å². The Kier molecular flexibility index (Phi) is 5.92. The lowest BCUT2D eigenvalue weighted by molar-refractivity contribution is -0.139. The molecule has 100 valence electrons. The number of piperazine rings is 1. The molecule has 1 amide bonds. The van der Waals surface area contributed by atoms with Crippen LogP contribution in [-0.2, 0) is 9.53 Å².